The summed E-state index contributed by atoms with van der Waals surface area (Å²) in [5.74, 6) is -0.0512. The molecule has 0 bridgehead atoms. The number of ketones is 1. The van der Waals surface area contributed by atoms with Gasteiger partial charge in [-0.3, -0.25) is 9.59 Å². The Morgan fingerprint density at radius 3 is 2.24 bits per heavy atom. The molecular weight excluding hydrogens is 414 g/mol. The molecule has 2 atom stereocenters. The third-order valence-corrected chi connectivity index (χ3v) is 7.16. The fourth-order valence-electron chi connectivity index (χ4n) is 5.35. The lowest BCUT2D eigenvalue weighted by Crippen LogP contribution is -2.53. The number of likely N-dealkylation sites (tertiary alicyclic amines) is 1. The zero-order valence-electron chi connectivity index (χ0n) is 18.4. The number of amides is 3. The summed E-state index contributed by atoms with van der Waals surface area (Å²) >= 11 is 0. The van der Waals surface area contributed by atoms with E-state index in [1.54, 1.807) is 29.2 Å². The lowest BCUT2D eigenvalue weighted by molar-refractivity contribution is 0.0274. The number of benzene rings is 3. The van der Waals surface area contributed by atoms with Crippen molar-refractivity contribution in [1.29, 1.82) is 0 Å². The summed E-state index contributed by atoms with van der Waals surface area (Å²) in [5, 5.41) is 0. The molecule has 0 aromatic heterocycles. The van der Waals surface area contributed by atoms with Crippen LogP contribution in [0.25, 0.3) is 0 Å². The number of carbonyl (C=O) groups excluding carboxylic acids is 3. The molecule has 0 radical (unpaired) electrons. The molecule has 0 saturated carbocycles. The average molecular weight is 440 g/mol. The molecule has 1 saturated heterocycles. The van der Waals surface area contributed by atoms with Crippen molar-refractivity contribution in [3.8, 4) is 0 Å². The zero-order valence-corrected chi connectivity index (χ0v) is 18.4. The molecule has 2 aliphatic rings. The Bertz CT molecular complexity index is 1240. The predicted molar refractivity (Wildman–Crippen MR) is 125 cm³/mol. The van der Waals surface area contributed by atoms with Crippen molar-refractivity contribution in [1.82, 2.24) is 9.80 Å². The van der Waals surface area contributed by atoms with Gasteiger partial charge in [0.1, 0.15) is 0 Å². The third kappa shape index (κ3) is 3.30. The van der Waals surface area contributed by atoms with Gasteiger partial charge in [0, 0.05) is 30.3 Å². The Labute approximate surface area is 192 Å². The van der Waals surface area contributed by atoms with Gasteiger partial charge in [-0.15, -0.1) is 0 Å². The molecule has 166 valence electrons. The van der Waals surface area contributed by atoms with E-state index in [4.69, 9.17) is 5.73 Å². The average Bonchev–Trinajstić information content (AvgIpc) is 3.06. The van der Waals surface area contributed by atoms with E-state index >= 15 is 0 Å². The predicted octanol–water partition coefficient (Wildman–Crippen LogP) is 4.11. The summed E-state index contributed by atoms with van der Waals surface area (Å²) in [6.07, 6.45) is 1.16. The minimum absolute atomic E-state index is 0.000630. The van der Waals surface area contributed by atoms with Crippen molar-refractivity contribution in [2.45, 2.75) is 24.4 Å². The number of rotatable bonds is 3. The van der Waals surface area contributed by atoms with Gasteiger partial charge in [0.05, 0.1) is 11.6 Å². The first kappa shape index (κ1) is 20.9. The minimum Gasteiger partial charge on any atom is -0.351 e. The van der Waals surface area contributed by atoms with Gasteiger partial charge in [0.25, 0.3) is 5.91 Å². The first-order valence-corrected chi connectivity index (χ1v) is 11.1. The van der Waals surface area contributed by atoms with Crippen LogP contribution in [-0.2, 0) is 5.54 Å². The lowest BCUT2D eigenvalue weighted by atomic mass is 9.76. The number of hydrogen-bond donors (Lipinski definition) is 1. The quantitative estimate of drug-likeness (QED) is 0.623. The van der Waals surface area contributed by atoms with E-state index in [2.05, 4.69) is 0 Å². The molecule has 6 heteroatoms. The maximum atomic E-state index is 13.0. The van der Waals surface area contributed by atoms with Crippen molar-refractivity contribution < 1.29 is 14.4 Å². The maximum absolute atomic E-state index is 13.0. The highest BCUT2D eigenvalue weighted by atomic mass is 16.2. The summed E-state index contributed by atoms with van der Waals surface area (Å²) in [6, 6.07) is 23.4. The van der Waals surface area contributed by atoms with Crippen LogP contribution in [0.1, 0.15) is 56.3 Å². The molecule has 2 aliphatic heterocycles. The van der Waals surface area contributed by atoms with E-state index in [0.29, 0.717) is 30.5 Å². The molecule has 3 aromatic rings. The number of carbonyl (C=O) groups is 3. The number of hydrogen-bond acceptors (Lipinski definition) is 3. The van der Waals surface area contributed by atoms with Gasteiger partial charge >= 0.3 is 6.03 Å². The standard InChI is InChI=1S/C27H25N3O3/c1-29-25(32)21-9-5-6-10-22(21)27(29)15-16-30(26(28)33)23(17-27)18-11-13-20(14-12-18)24(31)19-7-3-2-4-8-19/h2-14,23H,15-17H2,1H3,(H2,28,33). The monoisotopic (exact) mass is 439 g/mol. The molecule has 33 heavy (non-hydrogen) atoms. The molecule has 5 rings (SSSR count). The molecule has 3 amide bonds. The van der Waals surface area contributed by atoms with Crippen LogP contribution >= 0.6 is 0 Å². The van der Waals surface area contributed by atoms with E-state index in [1.807, 2.05) is 66.5 Å². The molecule has 3 aromatic carbocycles. The number of fused-ring (bicyclic) bond motifs is 2. The smallest absolute Gasteiger partial charge is 0.315 e. The minimum atomic E-state index is -0.497. The highest BCUT2D eigenvalue weighted by molar-refractivity contribution is 6.09. The summed E-state index contributed by atoms with van der Waals surface area (Å²) in [7, 11) is 1.83. The van der Waals surface area contributed by atoms with Gasteiger partial charge in [0.2, 0.25) is 0 Å². The molecule has 2 unspecified atom stereocenters. The molecule has 0 aliphatic carbocycles. The van der Waals surface area contributed by atoms with E-state index in [0.717, 1.165) is 16.7 Å². The van der Waals surface area contributed by atoms with Crippen LogP contribution in [-0.4, -0.2) is 41.1 Å². The number of primary amides is 1. The van der Waals surface area contributed by atoms with Crippen LogP contribution in [0, 0.1) is 0 Å². The van der Waals surface area contributed by atoms with Crippen LogP contribution in [0.2, 0.25) is 0 Å². The van der Waals surface area contributed by atoms with Crippen molar-refractivity contribution in [2.75, 3.05) is 13.6 Å². The van der Waals surface area contributed by atoms with Crippen molar-refractivity contribution in [3.63, 3.8) is 0 Å². The summed E-state index contributed by atoms with van der Waals surface area (Å²) < 4.78 is 0. The van der Waals surface area contributed by atoms with Crippen LogP contribution in [0.3, 0.4) is 0 Å². The summed E-state index contributed by atoms with van der Waals surface area (Å²) in [6.45, 7) is 0.441. The van der Waals surface area contributed by atoms with Crippen LogP contribution in [0.4, 0.5) is 4.79 Å². The molecule has 2 N–H and O–H groups in total. The second-order valence-electron chi connectivity index (χ2n) is 8.76. The van der Waals surface area contributed by atoms with Gasteiger partial charge in [-0.25, -0.2) is 4.79 Å². The normalized spacial score (nSPS) is 21.8. The Morgan fingerprint density at radius 2 is 1.55 bits per heavy atom. The van der Waals surface area contributed by atoms with Crippen LogP contribution in [0.15, 0.2) is 78.9 Å². The van der Waals surface area contributed by atoms with Gasteiger partial charge in [-0.2, -0.15) is 0 Å². The first-order valence-electron chi connectivity index (χ1n) is 11.1. The fourth-order valence-corrected chi connectivity index (χ4v) is 5.35. The van der Waals surface area contributed by atoms with Gasteiger partial charge in [0.15, 0.2) is 5.78 Å². The first-order chi connectivity index (χ1) is 15.9. The lowest BCUT2D eigenvalue weighted by Gasteiger charge is -2.48. The number of urea groups is 1. The van der Waals surface area contributed by atoms with Gasteiger partial charge in [-0.05, 0) is 30.0 Å². The topological polar surface area (TPSA) is 83.7 Å². The Kier molecular flexibility index (Phi) is 5.01. The summed E-state index contributed by atoms with van der Waals surface area (Å²) in [5.41, 5.74) is 9.07. The molecule has 1 spiro atoms. The Morgan fingerprint density at radius 1 is 0.909 bits per heavy atom. The second-order valence-corrected chi connectivity index (χ2v) is 8.76. The third-order valence-electron chi connectivity index (χ3n) is 7.16. The van der Waals surface area contributed by atoms with Crippen LogP contribution < -0.4 is 5.73 Å². The van der Waals surface area contributed by atoms with E-state index in [9.17, 15) is 14.4 Å². The van der Waals surface area contributed by atoms with Crippen molar-refractivity contribution >= 4 is 17.7 Å². The zero-order chi connectivity index (χ0) is 23.2. The highest BCUT2D eigenvalue weighted by Crippen LogP contribution is 2.50. The Hall–Kier alpha value is -3.93. The van der Waals surface area contributed by atoms with Crippen molar-refractivity contribution in [2.24, 2.45) is 5.73 Å². The molecule has 2 heterocycles. The maximum Gasteiger partial charge on any atom is 0.315 e. The summed E-state index contributed by atoms with van der Waals surface area (Å²) in [4.78, 5) is 41.6. The largest absolute Gasteiger partial charge is 0.351 e. The van der Waals surface area contributed by atoms with E-state index in [-0.39, 0.29) is 17.7 Å². The number of piperidine rings is 1. The molecular formula is C27H25N3O3. The van der Waals surface area contributed by atoms with Crippen LogP contribution in [0.5, 0.6) is 0 Å². The number of nitrogens with zero attached hydrogens (tertiary/aromatic N) is 2. The Balaban J connectivity index is 1.50. The van der Waals surface area contributed by atoms with E-state index in [1.165, 1.54) is 0 Å². The second kappa shape index (κ2) is 7.89. The number of nitrogens with two attached hydrogens (primary N) is 1. The van der Waals surface area contributed by atoms with E-state index < -0.39 is 11.6 Å². The van der Waals surface area contributed by atoms with Gasteiger partial charge in [-0.1, -0.05) is 72.8 Å². The highest BCUT2D eigenvalue weighted by Gasteiger charge is 2.52. The molecule has 6 nitrogen and oxygen atoms in total. The molecule has 1 fully saturated rings. The SMILES string of the molecule is CN1C(=O)c2ccccc2C12CCN(C(N)=O)C(c1ccc(C(=O)c3ccccc3)cc1)C2. The fraction of sp³-hybridized carbons (Fsp3) is 0.222. The van der Waals surface area contributed by atoms with Gasteiger partial charge < -0.3 is 15.5 Å². The van der Waals surface area contributed by atoms with Crippen molar-refractivity contribution in [3.05, 3.63) is 107 Å².